The summed E-state index contributed by atoms with van der Waals surface area (Å²) in [6.45, 7) is 3.82. The van der Waals surface area contributed by atoms with Gasteiger partial charge in [-0.1, -0.05) is 12.1 Å². The normalized spacial score (nSPS) is 14.6. The van der Waals surface area contributed by atoms with Gasteiger partial charge in [0.1, 0.15) is 16.4 Å². The lowest BCUT2D eigenvalue weighted by atomic mass is 10.1. The van der Waals surface area contributed by atoms with Crippen LogP contribution in [0, 0.1) is 0 Å². The van der Waals surface area contributed by atoms with Crippen molar-refractivity contribution >= 4 is 21.5 Å². The summed E-state index contributed by atoms with van der Waals surface area (Å²) >= 11 is 0. The number of sulfonamides is 1. The van der Waals surface area contributed by atoms with Gasteiger partial charge in [-0.15, -0.1) is 10.2 Å². The van der Waals surface area contributed by atoms with E-state index in [4.69, 9.17) is 14.2 Å². The van der Waals surface area contributed by atoms with Crippen molar-refractivity contribution in [3.05, 3.63) is 54.6 Å². The van der Waals surface area contributed by atoms with Crippen molar-refractivity contribution in [1.82, 2.24) is 14.5 Å². The first kappa shape index (κ1) is 23.0. The number of anilines is 2. The Labute approximate surface area is 193 Å². The second-order valence-electron chi connectivity index (χ2n) is 7.24. The van der Waals surface area contributed by atoms with Gasteiger partial charge < -0.3 is 19.5 Å². The van der Waals surface area contributed by atoms with Gasteiger partial charge in [-0.2, -0.15) is 4.31 Å². The summed E-state index contributed by atoms with van der Waals surface area (Å²) in [6, 6.07) is 16.1. The van der Waals surface area contributed by atoms with E-state index in [2.05, 4.69) is 15.5 Å². The molecule has 1 aliphatic heterocycles. The molecule has 1 aliphatic rings. The average molecular weight is 471 g/mol. The lowest BCUT2D eigenvalue weighted by Crippen LogP contribution is -2.40. The zero-order chi connectivity index (χ0) is 23.3. The molecule has 0 aliphatic carbocycles. The fourth-order valence-corrected chi connectivity index (χ4v) is 5.10. The third-order valence-electron chi connectivity index (χ3n) is 5.16. The van der Waals surface area contributed by atoms with E-state index in [1.54, 1.807) is 30.3 Å². The fourth-order valence-electron chi connectivity index (χ4n) is 3.51. The average Bonchev–Trinajstić information content (AvgIpc) is 2.86. The molecule has 0 bridgehead atoms. The van der Waals surface area contributed by atoms with Gasteiger partial charge in [0, 0.05) is 18.7 Å². The Morgan fingerprint density at radius 3 is 2.52 bits per heavy atom. The quantitative estimate of drug-likeness (QED) is 0.535. The Morgan fingerprint density at radius 2 is 1.82 bits per heavy atom. The Hall–Kier alpha value is -3.21. The van der Waals surface area contributed by atoms with Crippen molar-refractivity contribution < 1.29 is 22.6 Å². The largest absolute Gasteiger partial charge is 0.495 e. The maximum Gasteiger partial charge on any atom is 0.246 e. The molecule has 174 valence electrons. The monoisotopic (exact) mass is 470 g/mol. The van der Waals surface area contributed by atoms with Crippen molar-refractivity contribution in [1.29, 1.82) is 0 Å². The summed E-state index contributed by atoms with van der Waals surface area (Å²) in [5.74, 6) is 1.54. The predicted molar refractivity (Wildman–Crippen MR) is 124 cm³/mol. The lowest BCUT2D eigenvalue weighted by Gasteiger charge is -2.26. The highest BCUT2D eigenvalue weighted by atomic mass is 32.2. The van der Waals surface area contributed by atoms with Gasteiger partial charge in [0.25, 0.3) is 0 Å². The molecule has 1 saturated heterocycles. The van der Waals surface area contributed by atoms with Gasteiger partial charge in [-0.25, -0.2) is 8.42 Å². The van der Waals surface area contributed by atoms with Crippen molar-refractivity contribution in [3.63, 3.8) is 0 Å². The van der Waals surface area contributed by atoms with E-state index in [-0.39, 0.29) is 10.6 Å². The summed E-state index contributed by atoms with van der Waals surface area (Å²) in [6.07, 6.45) is 0. The minimum atomic E-state index is -3.74. The van der Waals surface area contributed by atoms with E-state index in [1.807, 2.05) is 31.2 Å². The molecule has 10 heteroatoms. The Kier molecular flexibility index (Phi) is 7.07. The van der Waals surface area contributed by atoms with Crippen LogP contribution in [0.2, 0.25) is 0 Å². The van der Waals surface area contributed by atoms with Gasteiger partial charge in [0.05, 0.1) is 38.3 Å². The third-order valence-corrected chi connectivity index (χ3v) is 7.08. The molecule has 0 spiro atoms. The lowest BCUT2D eigenvalue weighted by molar-refractivity contribution is 0.0729. The smallest absolute Gasteiger partial charge is 0.246 e. The van der Waals surface area contributed by atoms with Crippen LogP contribution in [0.15, 0.2) is 59.5 Å². The van der Waals surface area contributed by atoms with Crippen molar-refractivity contribution in [2.24, 2.45) is 0 Å². The molecule has 1 N–H and O–H groups in total. The van der Waals surface area contributed by atoms with E-state index in [1.165, 1.54) is 11.4 Å². The SMILES string of the molecule is CCOc1ccccc1Nc1ccc(-c2ccc(OC)c(S(=O)(=O)N3CCOCC3)c2)nn1. The first-order chi connectivity index (χ1) is 16.0. The second-order valence-corrected chi connectivity index (χ2v) is 9.15. The fraction of sp³-hybridized carbons (Fsp3) is 0.304. The van der Waals surface area contributed by atoms with E-state index >= 15 is 0 Å². The highest BCUT2D eigenvalue weighted by Crippen LogP contribution is 2.32. The number of hydrogen-bond donors (Lipinski definition) is 1. The van der Waals surface area contributed by atoms with E-state index < -0.39 is 10.0 Å². The first-order valence-electron chi connectivity index (χ1n) is 10.6. The maximum absolute atomic E-state index is 13.2. The minimum Gasteiger partial charge on any atom is -0.495 e. The van der Waals surface area contributed by atoms with Crippen LogP contribution in [0.1, 0.15) is 6.92 Å². The number of para-hydroxylation sites is 2. The second kappa shape index (κ2) is 10.2. The molecule has 2 heterocycles. The van der Waals surface area contributed by atoms with Crippen molar-refractivity contribution in [2.75, 3.05) is 45.3 Å². The molecule has 0 amide bonds. The standard InChI is InChI=1S/C23H26N4O5S/c1-3-32-20-7-5-4-6-19(20)24-23-11-9-18(25-26-23)17-8-10-21(30-2)22(16-17)33(28,29)27-12-14-31-15-13-27/h4-11,16H,3,12-15H2,1-2H3,(H,24,26). The van der Waals surface area contributed by atoms with Gasteiger partial charge >= 0.3 is 0 Å². The number of methoxy groups -OCH3 is 1. The molecule has 9 nitrogen and oxygen atoms in total. The molecule has 4 rings (SSSR count). The van der Waals surface area contributed by atoms with Gasteiger partial charge in [-0.05, 0) is 49.4 Å². The maximum atomic E-state index is 13.2. The zero-order valence-electron chi connectivity index (χ0n) is 18.5. The molecule has 2 aromatic carbocycles. The summed E-state index contributed by atoms with van der Waals surface area (Å²) in [5.41, 5.74) is 1.95. The van der Waals surface area contributed by atoms with Crippen LogP contribution in [0.25, 0.3) is 11.3 Å². The van der Waals surface area contributed by atoms with Crippen LogP contribution in [0.5, 0.6) is 11.5 Å². The molecule has 0 saturated carbocycles. The van der Waals surface area contributed by atoms with E-state index in [0.29, 0.717) is 50.0 Å². The van der Waals surface area contributed by atoms with Gasteiger partial charge in [0.15, 0.2) is 5.82 Å². The van der Waals surface area contributed by atoms with Crippen LogP contribution in [0.3, 0.4) is 0 Å². The Balaban J connectivity index is 1.60. The number of rotatable bonds is 8. The molecule has 0 atom stereocenters. The summed E-state index contributed by atoms with van der Waals surface area (Å²) in [5, 5.41) is 11.7. The number of benzene rings is 2. The molecular formula is C23H26N4O5S. The number of morpholine rings is 1. The highest BCUT2D eigenvalue weighted by molar-refractivity contribution is 7.89. The predicted octanol–water partition coefficient (Wildman–Crippen LogP) is 3.32. The molecule has 0 unspecified atom stereocenters. The van der Waals surface area contributed by atoms with Crippen LogP contribution in [0.4, 0.5) is 11.5 Å². The van der Waals surface area contributed by atoms with Crippen molar-refractivity contribution in [2.45, 2.75) is 11.8 Å². The number of nitrogens with zero attached hydrogens (tertiary/aromatic N) is 3. The van der Waals surface area contributed by atoms with Crippen LogP contribution in [-0.4, -0.2) is 62.9 Å². The van der Waals surface area contributed by atoms with Gasteiger partial charge in [-0.3, -0.25) is 0 Å². The number of ether oxygens (including phenoxy) is 3. The van der Waals surface area contributed by atoms with Crippen LogP contribution < -0.4 is 14.8 Å². The van der Waals surface area contributed by atoms with E-state index in [9.17, 15) is 8.42 Å². The first-order valence-corrected chi connectivity index (χ1v) is 12.1. The van der Waals surface area contributed by atoms with Gasteiger partial charge in [0.2, 0.25) is 10.0 Å². The van der Waals surface area contributed by atoms with E-state index in [0.717, 1.165) is 11.4 Å². The molecule has 3 aromatic rings. The molecule has 1 fully saturated rings. The minimum absolute atomic E-state index is 0.0963. The van der Waals surface area contributed by atoms with Crippen LogP contribution in [-0.2, 0) is 14.8 Å². The summed E-state index contributed by atoms with van der Waals surface area (Å²) in [4.78, 5) is 0.0963. The van der Waals surface area contributed by atoms with Crippen molar-refractivity contribution in [3.8, 4) is 22.8 Å². The molecule has 0 radical (unpaired) electrons. The Bertz CT molecular complexity index is 1200. The van der Waals surface area contributed by atoms with Crippen LogP contribution >= 0.6 is 0 Å². The molecule has 1 aromatic heterocycles. The molecular weight excluding hydrogens is 444 g/mol. The topological polar surface area (TPSA) is 103 Å². The number of hydrogen-bond acceptors (Lipinski definition) is 8. The molecule has 33 heavy (non-hydrogen) atoms. The highest BCUT2D eigenvalue weighted by Gasteiger charge is 2.29. The third kappa shape index (κ3) is 5.08. The number of aromatic nitrogens is 2. The summed E-state index contributed by atoms with van der Waals surface area (Å²) in [7, 11) is -2.29. The number of nitrogens with one attached hydrogen (secondary N) is 1. The Morgan fingerprint density at radius 1 is 1.03 bits per heavy atom. The summed E-state index contributed by atoms with van der Waals surface area (Å²) < 4.78 is 44.1. The zero-order valence-corrected chi connectivity index (χ0v) is 19.3.